The highest BCUT2D eigenvalue weighted by atomic mass is 32.1. The standard InChI is InChI=1S/C17H22N4O3S/c1-3-4-14-16(25-21-20-14)17(23)19-13-7-5-12(6-8-13)11-15(22)18-9-10-24-2/h5-8H,3-4,9-11H2,1-2H3,(H,18,22)(H,19,23). The predicted octanol–water partition coefficient (Wildman–Crippen LogP) is 2.05. The summed E-state index contributed by atoms with van der Waals surface area (Å²) < 4.78 is 8.74. The van der Waals surface area contributed by atoms with Crippen molar-refractivity contribution >= 4 is 29.0 Å². The topological polar surface area (TPSA) is 93.2 Å². The van der Waals surface area contributed by atoms with Crippen LogP contribution in [-0.2, 0) is 22.4 Å². The van der Waals surface area contributed by atoms with Crippen molar-refractivity contribution in [2.45, 2.75) is 26.2 Å². The van der Waals surface area contributed by atoms with E-state index < -0.39 is 0 Å². The quantitative estimate of drug-likeness (QED) is 0.666. The van der Waals surface area contributed by atoms with E-state index in [0.717, 1.165) is 35.6 Å². The number of hydrogen-bond acceptors (Lipinski definition) is 6. The fourth-order valence-electron chi connectivity index (χ4n) is 2.22. The molecule has 0 saturated carbocycles. The molecule has 0 unspecified atom stereocenters. The molecule has 1 heterocycles. The van der Waals surface area contributed by atoms with Crippen LogP contribution in [0.25, 0.3) is 0 Å². The molecule has 2 N–H and O–H groups in total. The summed E-state index contributed by atoms with van der Waals surface area (Å²) in [5, 5.41) is 9.61. The van der Waals surface area contributed by atoms with Crippen LogP contribution >= 0.6 is 11.5 Å². The van der Waals surface area contributed by atoms with Crippen molar-refractivity contribution in [2.75, 3.05) is 25.6 Å². The van der Waals surface area contributed by atoms with Gasteiger partial charge in [-0.3, -0.25) is 9.59 Å². The number of nitrogens with zero attached hydrogens (tertiary/aromatic N) is 2. The number of amides is 2. The molecule has 0 bridgehead atoms. The molecule has 0 aliphatic rings. The first-order valence-electron chi connectivity index (χ1n) is 8.11. The normalized spacial score (nSPS) is 10.5. The van der Waals surface area contributed by atoms with Gasteiger partial charge in [0.2, 0.25) is 5.91 Å². The molecular formula is C17H22N4O3S. The summed E-state index contributed by atoms with van der Waals surface area (Å²) in [6.45, 7) is 3.01. The Hall–Kier alpha value is -2.32. The summed E-state index contributed by atoms with van der Waals surface area (Å²) in [6, 6.07) is 7.21. The van der Waals surface area contributed by atoms with E-state index in [9.17, 15) is 9.59 Å². The number of ether oxygens (including phenoxy) is 1. The van der Waals surface area contributed by atoms with Crippen LogP contribution in [0.2, 0.25) is 0 Å². The van der Waals surface area contributed by atoms with Gasteiger partial charge in [0.25, 0.3) is 5.91 Å². The molecule has 1 aromatic heterocycles. The third-order valence-corrected chi connectivity index (χ3v) is 4.22. The van der Waals surface area contributed by atoms with Gasteiger partial charge in [-0.05, 0) is 35.6 Å². The van der Waals surface area contributed by atoms with E-state index in [1.165, 1.54) is 0 Å². The molecule has 7 nitrogen and oxygen atoms in total. The van der Waals surface area contributed by atoms with E-state index in [-0.39, 0.29) is 18.2 Å². The summed E-state index contributed by atoms with van der Waals surface area (Å²) in [5.41, 5.74) is 2.28. The van der Waals surface area contributed by atoms with Gasteiger partial charge in [0.05, 0.1) is 18.7 Å². The van der Waals surface area contributed by atoms with Crippen molar-refractivity contribution < 1.29 is 14.3 Å². The molecule has 8 heteroatoms. The van der Waals surface area contributed by atoms with Gasteiger partial charge >= 0.3 is 0 Å². The molecule has 2 amide bonds. The van der Waals surface area contributed by atoms with Gasteiger partial charge in [-0.1, -0.05) is 30.0 Å². The van der Waals surface area contributed by atoms with Crippen molar-refractivity contribution in [3.8, 4) is 0 Å². The monoisotopic (exact) mass is 362 g/mol. The highest BCUT2D eigenvalue weighted by molar-refractivity contribution is 7.08. The van der Waals surface area contributed by atoms with E-state index in [2.05, 4.69) is 20.2 Å². The van der Waals surface area contributed by atoms with Crippen molar-refractivity contribution in [2.24, 2.45) is 0 Å². The molecule has 25 heavy (non-hydrogen) atoms. The number of methoxy groups -OCH3 is 1. The Labute approximate surface area is 150 Å². The van der Waals surface area contributed by atoms with E-state index >= 15 is 0 Å². The van der Waals surface area contributed by atoms with Crippen molar-refractivity contribution in [1.29, 1.82) is 0 Å². The second-order valence-electron chi connectivity index (χ2n) is 5.47. The smallest absolute Gasteiger partial charge is 0.269 e. The SMILES string of the molecule is CCCc1nnsc1C(=O)Nc1ccc(CC(=O)NCCOC)cc1. The van der Waals surface area contributed by atoms with Crippen LogP contribution in [0, 0.1) is 0 Å². The third-order valence-electron chi connectivity index (χ3n) is 3.45. The highest BCUT2D eigenvalue weighted by Gasteiger charge is 2.15. The molecular weight excluding hydrogens is 340 g/mol. The largest absolute Gasteiger partial charge is 0.383 e. The lowest BCUT2D eigenvalue weighted by Crippen LogP contribution is -2.28. The van der Waals surface area contributed by atoms with Crippen LogP contribution in [0.15, 0.2) is 24.3 Å². The first-order valence-corrected chi connectivity index (χ1v) is 8.88. The summed E-state index contributed by atoms with van der Waals surface area (Å²) in [5.74, 6) is -0.266. The predicted molar refractivity (Wildman–Crippen MR) is 96.9 cm³/mol. The lowest BCUT2D eigenvalue weighted by atomic mass is 10.1. The van der Waals surface area contributed by atoms with Crippen molar-refractivity contribution in [3.05, 3.63) is 40.4 Å². The Bertz CT molecular complexity index is 700. The first kappa shape index (κ1) is 19.0. The van der Waals surface area contributed by atoms with E-state index in [1.54, 1.807) is 19.2 Å². The number of aryl methyl sites for hydroxylation is 1. The van der Waals surface area contributed by atoms with Gasteiger partial charge in [-0.2, -0.15) is 0 Å². The van der Waals surface area contributed by atoms with Gasteiger partial charge in [-0.25, -0.2) is 0 Å². The molecule has 0 radical (unpaired) electrons. The van der Waals surface area contributed by atoms with Crippen LogP contribution in [0.4, 0.5) is 5.69 Å². The van der Waals surface area contributed by atoms with Gasteiger partial charge in [0, 0.05) is 19.3 Å². The van der Waals surface area contributed by atoms with Crippen LogP contribution in [0.5, 0.6) is 0 Å². The number of carbonyl (C=O) groups is 2. The summed E-state index contributed by atoms with van der Waals surface area (Å²) in [6.07, 6.45) is 1.93. The number of benzene rings is 1. The fourth-order valence-corrected chi connectivity index (χ4v) is 2.82. The minimum Gasteiger partial charge on any atom is -0.383 e. The van der Waals surface area contributed by atoms with Gasteiger partial charge in [0.15, 0.2) is 0 Å². The number of hydrogen-bond donors (Lipinski definition) is 2. The van der Waals surface area contributed by atoms with Gasteiger partial charge in [-0.15, -0.1) is 5.10 Å². The molecule has 0 aliphatic carbocycles. The van der Waals surface area contributed by atoms with Crippen LogP contribution in [-0.4, -0.2) is 41.7 Å². The second kappa shape index (κ2) is 9.85. The van der Waals surface area contributed by atoms with Crippen molar-refractivity contribution in [3.63, 3.8) is 0 Å². The number of aromatic nitrogens is 2. The van der Waals surface area contributed by atoms with Gasteiger partial charge in [0.1, 0.15) is 4.88 Å². The molecule has 0 atom stereocenters. The fraction of sp³-hybridized carbons (Fsp3) is 0.412. The molecule has 0 aliphatic heterocycles. The first-order chi connectivity index (χ1) is 12.1. The molecule has 2 aromatic rings. The average Bonchev–Trinajstić information content (AvgIpc) is 3.06. The minimum absolute atomic E-state index is 0.0613. The molecule has 2 rings (SSSR count). The maximum Gasteiger partial charge on any atom is 0.269 e. The maximum absolute atomic E-state index is 12.3. The van der Waals surface area contributed by atoms with Gasteiger partial charge < -0.3 is 15.4 Å². The molecule has 0 saturated heterocycles. The van der Waals surface area contributed by atoms with E-state index in [0.29, 0.717) is 23.7 Å². The number of carbonyl (C=O) groups excluding carboxylic acids is 2. The third kappa shape index (κ3) is 5.91. The Balaban J connectivity index is 1.90. The summed E-state index contributed by atoms with van der Waals surface area (Å²) in [7, 11) is 1.59. The average molecular weight is 362 g/mol. The number of nitrogens with one attached hydrogen (secondary N) is 2. The molecule has 1 aromatic carbocycles. The number of rotatable bonds is 9. The lowest BCUT2D eigenvalue weighted by Gasteiger charge is -2.07. The molecule has 0 fully saturated rings. The highest BCUT2D eigenvalue weighted by Crippen LogP contribution is 2.16. The van der Waals surface area contributed by atoms with Crippen LogP contribution < -0.4 is 10.6 Å². The second-order valence-corrected chi connectivity index (χ2v) is 6.22. The van der Waals surface area contributed by atoms with E-state index in [4.69, 9.17) is 4.74 Å². The summed E-state index contributed by atoms with van der Waals surface area (Å²) >= 11 is 1.10. The van der Waals surface area contributed by atoms with Crippen LogP contribution in [0.3, 0.4) is 0 Å². The molecule has 134 valence electrons. The van der Waals surface area contributed by atoms with E-state index in [1.807, 2.05) is 19.1 Å². The maximum atomic E-state index is 12.3. The zero-order valence-corrected chi connectivity index (χ0v) is 15.2. The lowest BCUT2D eigenvalue weighted by molar-refractivity contribution is -0.120. The zero-order valence-electron chi connectivity index (χ0n) is 14.4. The Morgan fingerprint density at radius 1 is 1.24 bits per heavy atom. The zero-order chi connectivity index (χ0) is 18.1. The van der Waals surface area contributed by atoms with Crippen LogP contribution in [0.1, 0.15) is 34.3 Å². The number of anilines is 1. The van der Waals surface area contributed by atoms with Crippen molar-refractivity contribution in [1.82, 2.24) is 14.9 Å². The minimum atomic E-state index is -0.205. The Kier molecular flexibility index (Phi) is 7.49. The molecule has 0 spiro atoms. The Morgan fingerprint density at radius 3 is 2.68 bits per heavy atom. The summed E-state index contributed by atoms with van der Waals surface area (Å²) in [4.78, 5) is 24.6. The Morgan fingerprint density at radius 2 is 2.00 bits per heavy atom.